The second kappa shape index (κ2) is 6.80. The van der Waals surface area contributed by atoms with Gasteiger partial charge in [0.15, 0.2) is 0 Å². The van der Waals surface area contributed by atoms with Crippen LogP contribution in [0.25, 0.3) is 0 Å². The van der Waals surface area contributed by atoms with Gasteiger partial charge in [-0.3, -0.25) is 4.79 Å². The van der Waals surface area contributed by atoms with Crippen LogP contribution < -0.4 is 0 Å². The molecule has 0 heterocycles. The summed E-state index contributed by atoms with van der Waals surface area (Å²) < 4.78 is 0. The van der Waals surface area contributed by atoms with Gasteiger partial charge in [-0.1, -0.05) is 11.6 Å². The number of aliphatic hydroxyl groups excluding tert-OH is 1. The van der Waals surface area contributed by atoms with Crippen LogP contribution in [0.5, 0.6) is 0 Å². The Morgan fingerprint density at radius 3 is 2.38 bits per heavy atom. The lowest BCUT2D eigenvalue weighted by atomic mass is 9.86. The molecule has 4 heteroatoms. The van der Waals surface area contributed by atoms with Gasteiger partial charge in [0, 0.05) is 19.7 Å². The van der Waals surface area contributed by atoms with Crippen molar-refractivity contribution in [1.82, 2.24) is 4.90 Å². The number of hydrogen-bond acceptors (Lipinski definition) is 2. The Balaban J connectivity index is 2.11. The topological polar surface area (TPSA) is 40.5 Å². The lowest BCUT2D eigenvalue weighted by Crippen LogP contribution is -2.40. The number of nitrogens with zero attached hydrogens (tertiary/aromatic N) is 1. The average Bonchev–Trinajstić information content (AvgIpc) is 2.49. The first-order chi connectivity index (χ1) is 9.93. The van der Waals surface area contributed by atoms with Gasteiger partial charge in [-0.15, -0.1) is 0 Å². The number of carbonyl (C=O) groups excluding carboxylic acids is 1. The third kappa shape index (κ3) is 3.58. The standard InChI is InChI=1S/C17H24ClNO2/c1-11-8-15(16(18)9-12(11)2)17(21)19(3)14-6-4-13(10-20)5-7-14/h8-9,13-14,20H,4-7,10H2,1-3H3. The number of rotatable bonds is 3. The predicted molar refractivity (Wildman–Crippen MR) is 85.9 cm³/mol. The van der Waals surface area contributed by atoms with Gasteiger partial charge in [0.1, 0.15) is 0 Å². The third-order valence-corrected chi connectivity index (χ3v) is 5.07. The molecular formula is C17H24ClNO2. The largest absolute Gasteiger partial charge is 0.396 e. The summed E-state index contributed by atoms with van der Waals surface area (Å²) >= 11 is 6.24. The van der Waals surface area contributed by atoms with E-state index < -0.39 is 0 Å². The molecular weight excluding hydrogens is 286 g/mol. The summed E-state index contributed by atoms with van der Waals surface area (Å²) in [6, 6.07) is 3.99. The molecule has 21 heavy (non-hydrogen) atoms. The highest BCUT2D eigenvalue weighted by atomic mass is 35.5. The van der Waals surface area contributed by atoms with Crippen molar-refractivity contribution in [3.63, 3.8) is 0 Å². The van der Waals surface area contributed by atoms with Gasteiger partial charge in [-0.2, -0.15) is 0 Å². The van der Waals surface area contributed by atoms with Crippen LogP contribution in [-0.4, -0.2) is 35.6 Å². The van der Waals surface area contributed by atoms with E-state index in [0.717, 1.165) is 36.8 Å². The molecule has 3 nitrogen and oxygen atoms in total. The maximum Gasteiger partial charge on any atom is 0.255 e. The van der Waals surface area contributed by atoms with E-state index in [1.807, 2.05) is 37.9 Å². The van der Waals surface area contributed by atoms with E-state index in [-0.39, 0.29) is 18.6 Å². The van der Waals surface area contributed by atoms with Gasteiger partial charge in [-0.25, -0.2) is 0 Å². The highest BCUT2D eigenvalue weighted by Gasteiger charge is 2.27. The van der Waals surface area contributed by atoms with Crippen LogP contribution in [0.1, 0.15) is 47.2 Å². The SMILES string of the molecule is Cc1cc(Cl)c(C(=O)N(C)C2CCC(CO)CC2)cc1C. The van der Waals surface area contributed by atoms with E-state index >= 15 is 0 Å². The highest BCUT2D eigenvalue weighted by Crippen LogP contribution is 2.29. The fourth-order valence-corrected chi connectivity index (χ4v) is 3.31. The third-order valence-electron chi connectivity index (χ3n) is 4.76. The summed E-state index contributed by atoms with van der Waals surface area (Å²) in [5.41, 5.74) is 2.77. The molecule has 1 fully saturated rings. The van der Waals surface area contributed by atoms with E-state index in [1.54, 1.807) is 0 Å². The number of amides is 1. The summed E-state index contributed by atoms with van der Waals surface area (Å²) in [6.45, 7) is 4.25. The molecule has 1 saturated carbocycles. The molecule has 0 saturated heterocycles. The average molecular weight is 310 g/mol. The van der Waals surface area contributed by atoms with Crippen molar-refractivity contribution in [2.75, 3.05) is 13.7 Å². The molecule has 1 aromatic rings. The summed E-state index contributed by atoms with van der Waals surface area (Å²) in [6.07, 6.45) is 3.88. The molecule has 1 N–H and O–H groups in total. The maximum atomic E-state index is 12.7. The van der Waals surface area contributed by atoms with Crippen LogP contribution in [0.2, 0.25) is 5.02 Å². The minimum absolute atomic E-state index is 0.00412. The molecule has 2 rings (SSSR count). The molecule has 1 aliphatic carbocycles. The molecule has 0 radical (unpaired) electrons. The van der Waals surface area contributed by atoms with Crippen molar-refractivity contribution in [3.05, 3.63) is 33.8 Å². The van der Waals surface area contributed by atoms with Crippen LogP contribution in [0.15, 0.2) is 12.1 Å². The summed E-state index contributed by atoms with van der Waals surface area (Å²) in [5, 5.41) is 9.72. The highest BCUT2D eigenvalue weighted by molar-refractivity contribution is 6.33. The molecule has 0 unspecified atom stereocenters. The second-order valence-electron chi connectivity index (χ2n) is 6.19. The van der Waals surface area contributed by atoms with Crippen LogP contribution in [0, 0.1) is 19.8 Å². The number of halogens is 1. The normalized spacial score (nSPS) is 22.1. The summed E-state index contributed by atoms with van der Waals surface area (Å²) in [4.78, 5) is 14.5. The van der Waals surface area contributed by atoms with Crippen molar-refractivity contribution in [3.8, 4) is 0 Å². The first kappa shape index (κ1) is 16.3. The summed E-state index contributed by atoms with van der Waals surface area (Å²) in [7, 11) is 1.86. The number of benzene rings is 1. The smallest absolute Gasteiger partial charge is 0.255 e. The zero-order valence-corrected chi connectivity index (χ0v) is 13.8. The van der Waals surface area contributed by atoms with Crippen LogP contribution in [0.3, 0.4) is 0 Å². The van der Waals surface area contributed by atoms with Gasteiger partial charge >= 0.3 is 0 Å². The Labute approximate surface area is 131 Å². The molecule has 0 aromatic heterocycles. The van der Waals surface area contributed by atoms with Gasteiger partial charge in [0.25, 0.3) is 5.91 Å². The van der Waals surface area contributed by atoms with E-state index in [4.69, 9.17) is 11.6 Å². The Bertz CT molecular complexity index is 522. The number of hydrogen-bond donors (Lipinski definition) is 1. The Kier molecular flexibility index (Phi) is 5.28. The zero-order chi connectivity index (χ0) is 15.6. The van der Waals surface area contributed by atoms with Crippen molar-refractivity contribution in [1.29, 1.82) is 0 Å². The van der Waals surface area contributed by atoms with Gasteiger partial charge in [-0.05, 0) is 68.7 Å². The molecule has 0 spiro atoms. The van der Waals surface area contributed by atoms with E-state index in [2.05, 4.69) is 0 Å². The fraction of sp³-hybridized carbons (Fsp3) is 0.588. The summed E-state index contributed by atoms with van der Waals surface area (Å²) in [5.74, 6) is 0.394. The van der Waals surface area contributed by atoms with Crippen molar-refractivity contribution in [2.45, 2.75) is 45.6 Å². The molecule has 0 aliphatic heterocycles. The lowest BCUT2D eigenvalue weighted by molar-refractivity contribution is 0.0653. The molecule has 0 atom stereocenters. The molecule has 1 aliphatic rings. The zero-order valence-electron chi connectivity index (χ0n) is 13.0. The quantitative estimate of drug-likeness (QED) is 0.927. The van der Waals surface area contributed by atoms with Crippen molar-refractivity contribution in [2.24, 2.45) is 5.92 Å². The van der Waals surface area contributed by atoms with Gasteiger partial charge < -0.3 is 10.0 Å². The maximum absolute atomic E-state index is 12.7. The Morgan fingerprint density at radius 2 is 1.81 bits per heavy atom. The predicted octanol–water partition coefficient (Wildman–Crippen LogP) is 3.58. The van der Waals surface area contributed by atoms with Crippen LogP contribution in [0.4, 0.5) is 0 Å². The minimum atomic E-state index is -0.00412. The van der Waals surface area contributed by atoms with Crippen molar-refractivity contribution >= 4 is 17.5 Å². The Morgan fingerprint density at radius 1 is 1.24 bits per heavy atom. The Hall–Kier alpha value is -1.06. The van der Waals surface area contributed by atoms with Crippen molar-refractivity contribution < 1.29 is 9.90 Å². The van der Waals surface area contributed by atoms with Crippen LogP contribution in [-0.2, 0) is 0 Å². The van der Waals surface area contributed by atoms with Gasteiger partial charge in [0.05, 0.1) is 10.6 Å². The molecule has 1 aromatic carbocycles. The first-order valence-electron chi connectivity index (χ1n) is 7.58. The van der Waals surface area contributed by atoms with Crippen LogP contribution >= 0.6 is 11.6 Å². The number of aliphatic hydroxyl groups is 1. The van der Waals surface area contributed by atoms with E-state index in [1.165, 1.54) is 0 Å². The second-order valence-corrected chi connectivity index (χ2v) is 6.60. The monoisotopic (exact) mass is 309 g/mol. The van der Waals surface area contributed by atoms with E-state index in [0.29, 0.717) is 16.5 Å². The first-order valence-corrected chi connectivity index (χ1v) is 7.96. The van der Waals surface area contributed by atoms with Gasteiger partial charge in [0.2, 0.25) is 0 Å². The number of carbonyl (C=O) groups is 1. The molecule has 116 valence electrons. The molecule has 1 amide bonds. The lowest BCUT2D eigenvalue weighted by Gasteiger charge is -2.34. The fourth-order valence-electron chi connectivity index (χ4n) is 3.02. The molecule has 0 bridgehead atoms. The number of aryl methyl sites for hydroxylation is 2. The minimum Gasteiger partial charge on any atom is -0.396 e. The van der Waals surface area contributed by atoms with E-state index in [9.17, 15) is 9.90 Å².